The normalized spacial score (nSPS) is 22.6. The molecule has 1 amide bonds. The molecule has 0 spiro atoms. The van der Waals surface area contributed by atoms with Crippen LogP contribution in [0.25, 0.3) is 0 Å². The fourth-order valence-electron chi connectivity index (χ4n) is 3.22. The Hall–Kier alpha value is -2.53. The maximum atomic E-state index is 13.0. The van der Waals surface area contributed by atoms with Gasteiger partial charge in [0.2, 0.25) is 6.41 Å². The summed E-state index contributed by atoms with van der Waals surface area (Å²) >= 11 is 0. The summed E-state index contributed by atoms with van der Waals surface area (Å²) in [5, 5.41) is 0. The number of allylic oxidation sites excluding steroid dienone is 1. The molecule has 0 aromatic heterocycles. The highest BCUT2D eigenvalue weighted by Crippen LogP contribution is 2.35. The Morgan fingerprint density at radius 2 is 1.89 bits per heavy atom. The number of rotatable bonds is 4. The summed E-state index contributed by atoms with van der Waals surface area (Å²) in [7, 11) is 0. The zero-order valence-corrected chi connectivity index (χ0v) is 15.7. The molecule has 0 radical (unpaired) electrons. The van der Waals surface area contributed by atoms with E-state index >= 15 is 0 Å². The van der Waals surface area contributed by atoms with Crippen molar-refractivity contribution in [3.05, 3.63) is 72.1 Å². The molecule has 0 aliphatic carbocycles. The van der Waals surface area contributed by atoms with E-state index in [0.29, 0.717) is 25.7 Å². The molecule has 144 valence electrons. The van der Waals surface area contributed by atoms with Crippen molar-refractivity contribution in [2.45, 2.75) is 38.3 Å². The molecule has 0 bridgehead atoms. The lowest BCUT2D eigenvalue weighted by Crippen LogP contribution is -2.33. The smallest absolute Gasteiger partial charge is 0.210 e. The van der Waals surface area contributed by atoms with Crippen LogP contribution in [-0.4, -0.2) is 36.3 Å². The molecule has 1 aromatic carbocycles. The average Bonchev–Trinajstić information content (AvgIpc) is 2.70. The molecular weight excluding hydrogens is 345 g/mol. The minimum Gasteiger partial charge on any atom is -0.371 e. The second-order valence-electron chi connectivity index (χ2n) is 6.64. The zero-order valence-electron chi connectivity index (χ0n) is 15.7. The van der Waals surface area contributed by atoms with Crippen molar-refractivity contribution in [2.24, 2.45) is 0 Å². The van der Waals surface area contributed by atoms with Gasteiger partial charge in [0.15, 0.2) is 5.78 Å². The number of hydrogen-bond acceptors (Lipinski definition) is 3. The van der Waals surface area contributed by atoms with E-state index in [1.54, 1.807) is 29.2 Å². The highest BCUT2D eigenvalue weighted by molar-refractivity contribution is 5.80. The molecule has 0 N–H and O–H groups in total. The standard InChI is InChI=1S/C16H16FNO.C6H10O2/c1-3-12-9-10-18(11-19)16(15(12)4-2)13-5-7-14(17)8-6-13;1-5-2-3-6(7)4-8-5/h3-8,11,16H,1-2,9-10H2;5H,2-4H2,1H3/t16-;5-/m00/s1. The lowest BCUT2D eigenvalue weighted by molar-refractivity contribution is -0.130. The fraction of sp³-hybridized carbons (Fsp3) is 0.364. The van der Waals surface area contributed by atoms with E-state index in [2.05, 4.69) is 13.2 Å². The molecule has 0 unspecified atom stereocenters. The first kappa shape index (κ1) is 20.8. The van der Waals surface area contributed by atoms with Crippen LogP contribution in [0, 0.1) is 5.82 Å². The summed E-state index contributed by atoms with van der Waals surface area (Å²) in [5.41, 5.74) is 2.92. The molecule has 2 aliphatic heterocycles. The number of benzene rings is 1. The summed E-state index contributed by atoms with van der Waals surface area (Å²) in [6, 6.07) is 6.00. The molecule has 3 rings (SSSR count). The number of Topliss-reactive ketones (excluding diaryl/α,β-unsaturated/α-hetero) is 1. The Bertz CT molecular complexity index is 714. The predicted octanol–water partition coefficient (Wildman–Crippen LogP) is 4.15. The van der Waals surface area contributed by atoms with Crippen LogP contribution in [0.5, 0.6) is 0 Å². The van der Waals surface area contributed by atoms with Crippen LogP contribution in [0.4, 0.5) is 4.39 Å². The van der Waals surface area contributed by atoms with Crippen LogP contribution in [0.1, 0.15) is 37.8 Å². The molecule has 2 heterocycles. The molecule has 1 aromatic rings. The lowest BCUT2D eigenvalue weighted by atomic mass is 9.88. The molecule has 1 saturated heterocycles. The van der Waals surface area contributed by atoms with Gasteiger partial charge in [-0.2, -0.15) is 0 Å². The maximum Gasteiger partial charge on any atom is 0.210 e. The first-order chi connectivity index (χ1) is 13.0. The topological polar surface area (TPSA) is 46.6 Å². The molecule has 1 fully saturated rings. The number of amides is 1. The van der Waals surface area contributed by atoms with E-state index in [9.17, 15) is 14.0 Å². The van der Waals surface area contributed by atoms with E-state index in [4.69, 9.17) is 4.74 Å². The van der Waals surface area contributed by atoms with E-state index < -0.39 is 0 Å². The first-order valence-corrected chi connectivity index (χ1v) is 9.07. The molecule has 5 heteroatoms. The molecule has 4 nitrogen and oxygen atoms in total. The number of carbonyl (C=O) groups excluding carboxylic acids is 2. The average molecular weight is 371 g/mol. The van der Waals surface area contributed by atoms with E-state index in [0.717, 1.165) is 36.0 Å². The Morgan fingerprint density at radius 1 is 1.19 bits per heavy atom. The van der Waals surface area contributed by atoms with Crippen LogP contribution in [-0.2, 0) is 14.3 Å². The second kappa shape index (κ2) is 9.97. The quantitative estimate of drug-likeness (QED) is 0.747. The van der Waals surface area contributed by atoms with Crippen LogP contribution in [0.2, 0.25) is 0 Å². The predicted molar refractivity (Wildman–Crippen MR) is 104 cm³/mol. The maximum absolute atomic E-state index is 13.0. The summed E-state index contributed by atoms with van der Waals surface area (Å²) in [6.45, 7) is 10.6. The second-order valence-corrected chi connectivity index (χ2v) is 6.64. The van der Waals surface area contributed by atoms with Gasteiger partial charge in [-0.15, -0.1) is 0 Å². The molecule has 27 heavy (non-hydrogen) atoms. The van der Waals surface area contributed by atoms with Crippen LogP contribution in [0.15, 0.2) is 60.7 Å². The van der Waals surface area contributed by atoms with Gasteiger partial charge in [0.1, 0.15) is 12.4 Å². The van der Waals surface area contributed by atoms with Gasteiger partial charge in [-0.3, -0.25) is 9.59 Å². The number of nitrogens with zero attached hydrogens (tertiary/aromatic N) is 1. The van der Waals surface area contributed by atoms with Crippen molar-refractivity contribution in [2.75, 3.05) is 13.2 Å². The van der Waals surface area contributed by atoms with Crippen molar-refractivity contribution in [3.63, 3.8) is 0 Å². The van der Waals surface area contributed by atoms with Crippen LogP contribution >= 0.6 is 0 Å². The zero-order chi connectivity index (χ0) is 19.8. The van der Waals surface area contributed by atoms with Gasteiger partial charge in [-0.25, -0.2) is 4.39 Å². The third-order valence-electron chi connectivity index (χ3n) is 4.78. The minimum absolute atomic E-state index is 0.211. The number of carbonyl (C=O) groups is 2. The van der Waals surface area contributed by atoms with E-state index in [1.807, 2.05) is 6.92 Å². The van der Waals surface area contributed by atoms with Gasteiger partial charge in [-0.05, 0) is 48.6 Å². The van der Waals surface area contributed by atoms with Crippen molar-refractivity contribution in [1.29, 1.82) is 0 Å². The highest BCUT2D eigenvalue weighted by Gasteiger charge is 2.27. The van der Waals surface area contributed by atoms with E-state index in [-0.39, 0.29) is 17.6 Å². The monoisotopic (exact) mass is 371 g/mol. The number of halogens is 1. The van der Waals surface area contributed by atoms with Crippen LogP contribution < -0.4 is 0 Å². The van der Waals surface area contributed by atoms with Gasteiger partial charge in [0, 0.05) is 13.0 Å². The Balaban J connectivity index is 0.000000273. The van der Waals surface area contributed by atoms with Crippen LogP contribution in [0.3, 0.4) is 0 Å². The largest absolute Gasteiger partial charge is 0.371 e. The Morgan fingerprint density at radius 3 is 2.37 bits per heavy atom. The number of ketones is 1. The summed E-state index contributed by atoms with van der Waals surface area (Å²) in [5.74, 6) is -0.0478. The van der Waals surface area contributed by atoms with Gasteiger partial charge in [0.25, 0.3) is 0 Å². The summed E-state index contributed by atoms with van der Waals surface area (Å²) in [4.78, 5) is 23.4. The molecular formula is C22H26FNO3. The van der Waals surface area contributed by atoms with Gasteiger partial charge >= 0.3 is 0 Å². The van der Waals surface area contributed by atoms with E-state index in [1.165, 1.54) is 12.1 Å². The number of hydrogen-bond donors (Lipinski definition) is 0. The van der Waals surface area contributed by atoms with Gasteiger partial charge in [0.05, 0.1) is 12.1 Å². The Labute approximate surface area is 160 Å². The summed E-state index contributed by atoms with van der Waals surface area (Å²) in [6.07, 6.45) is 7.06. The molecule has 2 atom stereocenters. The fourth-order valence-corrected chi connectivity index (χ4v) is 3.22. The third kappa shape index (κ3) is 5.47. The Kier molecular flexibility index (Phi) is 7.67. The van der Waals surface area contributed by atoms with Crippen molar-refractivity contribution in [3.8, 4) is 0 Å². The van der Waals surface area contributed by atoms with Crippen molar-refractivity contribution >= 4 is 12.2 Å². The molecule has 2 aliphatic rings. The third-order valence-corrected chi connectivity index (χ3v) is 4.78. The van der Waals surface area contributed by atoms with Crippen molar-refractivity contribution in [1.82, 2.24) is 4.90 Å². The summed E-state index contributed by atoms with van der Waals surface area (Å²) < 4.78 is 18.1. The SMILES string of the molecule is C=CC1=C(C=C)[C@H](c2ccc(F)cc2)N(C=O)CC1.C[C@H]1CCC(=O)CO1. The molecule has 0 saturated carbocycles. The lowest BCUT2D eigenvalue weighted by Gasteiger charge is -2.35. The van der Waals surface area contributed by atoms with Gasteiger partial charge in [-0.1, -0.05) is 37.4 Å². The first-order valence-electron chi connectivity index (χ1n) is 9.07. The van der Waals surface area contributed by atoms with Gasteiger partial charge < -0.3 is 9.64 Å². The number of ether oxygens (including phenoxy) is 1. The minimum atomic E-state index is -0.287. The van der Waals surface area contributed by atoms with Crippen molar-refractivity contribution < 1.29 is 18.7 Å². The highest BCUT2D eigenvalue weighted by atomic mass is 19.1.